The van der Waals surface area contributed by atoms with E-state index in [-0.39, 0.29) is 17.4 Å². The molecule has 0 radical (unpaired) electrons. The Hall–Kier alpha value is -3.15. The van der Waals surface area contributed by atoms with Gasteiger partial charge < -0.3 is 14.8 Å². The first-order chi connectivity index (χ1) is 13.1. The molecule has 1 fully saturated rings. The van der Waals surface area contributed by atoms with Gasteiger partial charge in [-0.25, -0.2) is 4.39 Å². The van der Waals surface area contributed by atoms with Crippen molar-refractivity contribution in [3.05, 3.63) is 71.7 Å². The van der Waals surface area contributed by atoms with Crippen molar-refractivity contribution in [2.75, 3.05) is 26.2 Å². The average Bonchev–Trinajstić information content (AvgIpc) is 2.96. The molecule has 1 aliphatic heterocycles. The topological polar surface area (TPSA) is 56.4 Å². The normalized spacial score (nSPS) is 15.0. The summed E-state index contributed by atoms with van der Waals surface area (Å²) in [5.74, 6) is -0.888. The van der Waals surface area contributed by atoms with Gasteiger partial charge in [0.15, 0.2) is 0 Å². The van der Waals surface area contributed by atoms with E-state index in [0.29, 0.717) is 38.2 Å². The van der Waals surface area contributed by atoms with E-state index in [2.05, 4.69) is 4.98 Å². The molecule has 1 saturated heterocycles. The molecule has 3 aromatic rings. The molecule has 2 aromatic carbocycles. The highest BCUT2D eigenvalue weighted by Gasteiger charge is 2.25. The number of hydrogen-bond donors (Lipinski definition) is 1. The number of fused-ring (bicyclic) bond motifs is 1. The lowest BCUT2D eigenvalue weighted by atomic mass is 10.1. The molecule has 2 heterocycles. The number of nitrogens with zero attached hydrogens (tertiary/aromatic N) is 2. The fraction of sp³-hybridized carbons (Fsp3) is 0.238. The number of halogens is 1. The number of carbonyl (C=O) groups is 2. The molecule has 6 heteroatoms. The van der Waals surface area contributed by atoms with Crippen molar-refractivity contribution in [1.29, 1.82) is 0 Å². The number of carbonyl (C=O) groups excluding carboxylic acids is 2. The molecule has 1 N–H and O–H groups in total. The Balaban J connectivity index is 1.49. The standard InChI is InChI=1S/C21H20FN3O2/c22-18-8-3-1-7-16(18)20(26)24-10-5-11-25(13-12-24)21(27)17-14-23-19-9-4-2-6-15(17)19/h1-4,6-9,14,23H,5,10-13H2. The van der Waals surface area contributed by atoms with Crippen LogP contribution in [0.3, 0.4) is 0 Å². The molecule has 2 amide bonds. The van der Waals surface area contributed by atoms with Crippen LogP contribution in [-0.4, -0.2) is 52.8 Å². The van der Waals surface area contributed by atoms with Crippen LogP contribution in [0.15, 0.2) is 54.7 Å². The quantitative estimate of drug-likeness (QED) is 0.758. The van der Waals surface area contributed by atoms with Gasteiger partial charge in [-0.3, -0.25) is 9.59 Å². The zero-order valence-corrected chi connectivity index (χ0v) is 14.8. The molecule has 0 aliphatic carbocycles. The monoisotopic (exact) mass is 365 g/mol. The molecule has 0 unspecified atom stereocenters. The Morgan fingerprint density at radius 3 is 2.19 bits per heavy atom. The van der Waals surface area contributed by atoms with E-state index in [1.54, 1.807) is 28.1 Å². The second-order valence-electron chi connectivity index (χ2n) is 6.67. The third kappa shape index (κ3) is 3.30. The van der Waals surface area contributed by atoms with E-state index in [1.807, 2.05) is 24.3 Å². The first-order valence-corrected chi connectivity index (χ1v) is 9.04. The van der Waals surface area contributed by atoms with Crippen LogP contribution < -0.4 is 0 Å². The lowest BCUT2D eigenvalue weighted by molar-refractivity contribution is 0.0717. The van der Waals surface area contributed by atoms with Crippen LogP contribution in [0.2, 0.25) is 0 Å². The summed E-state index contributed by atoms with van der Waals surface area (Å²) in [7, 11) is 0. The van der Waals surface area contributed by atoms with Gasteiger partial charge in [0.1, 0.15) is 5.82 Å². The summed E-state index contributed by atoms with van der Waals surface area (Å²) in [4.78, 5) is 32.1. The molecular weight excluding hydrogens is 345 g/mol. The molecule has 0 spiro atoms. The van der Waals surface area contributed by atoms with Gasteiger partial charge in [-0.05, 0) is 24.6 Å². The predicted molar refractivity (Wildman–Crippen MR) is 101 cm³/mol. The lowest BCUT2D eigenvalue weighted by Gasteiger charge is -2.22. The summed E-state index contributed by atoms with van der Waals surface area (Å²) in [5.41, 5.74) is 1.64. The minimum Gasteiger partial charge on any atom is -0.360 e. The fourth-order valence-electron chi connectivity index (χ4n) is 3.55. The number of amides is 2. The molecule has 0 atom stereocenters. The van der Waals surface area contributed by atoms with E-state index in [0.717, 1.165) is 10.9 Å². The Kier molecular flexibility index (Phi) is 4.62. The minimum absolute atomic E-state index is 0.0485. The van der Waals surface area contributed by atoms with Crippen molar-refractivity contribution in [1.82, 2.24) is 14.8 Å². The molecule has 0 bridgehead atoms. The van der Waals surface area contributed by atoms with Crippen molar-refractivity contribution in [2.45, 2.75) is 6.42 Å². The summed E-state index contributed by atoms with van der Waals surface area (Å²) < 4.78 is 13.9. The van der Waals surface area contributed by atoms with Gasteiger partial charge in [0, 0.05) is 43.3 Å². The zero-order chi connectivity index (χ0) is 18.8. The zero-order valence-electron chi connectivity index (χ0n) is 14.8. The molecule has 1 aromatic heterocycles. The molecular formula is C21H20FN3O2. The predicted octanol–water partition coefficient (Wildman–Crippen LogP) is 3.30. The number of hydrogen-bond acceptors (Lipinski definition) is 2. The first kappa shape index (κ1) is 17.3. The van der Waals surface area contributed by atoms with Crippen LogP contribution in [0.4, 0.5) is 4.39 Å². The van der Waals surface area contributed by atoms with Gasteiger partial charge in [0.25, 0.3) is 11.8 Å². The van der Waals surface area contributed by atoms with Crippen LogP contribution in [-0.2, 0) is 0 Å². The number of para-hydroxylation sites is 1. The van der Waals surface area contributed by atoms with Gasteiger partial charge in [0.05, 0.1) is 11.1 Å². The average molecular weight is 365 g/mol. The van der Waals surface area contributed by atoms with Crippen molar-refractivity contribution < 1.29 is 14.0 Å². The van der Waals surface area contributed by atoms with Crippen molar-refractivity contribution in [3.8, 4) is 0 Å². The van der Waals surface area contributed by atoms with Crippen LogP contribution >= 0.6 is 0 Å². The number of rotatable bonds is 2. The maximum Gasteiger partial charge on any atom is 0.256 e. The highest BCUT2D eigenvalue weighted by Crippen LogP contribution is 2.20. The maximum atomic E-state index is 13.9. The maximum absolute atomic E-state index is 13.9. The Labute approximate surface area is 156 Å². The van der Waals surface area contributed by atoms with E-state index in [4.69, 9.17) is 0 Å². The summed E-state index contributed by atoms with van der Waals surface area (Å²) in [6, 6.07) is 13.7. The molecule has 0 saturated carbocycles. The van der Waals surface area contributed by atoms with Gasteiger partial charge >= 0.3 is 0 Å². The highest BCUT2D eigenvalue weighted by atomic mass is 19.1. The number of aromatic amines is 1. The lowest BCUT2D eigenvalue weighted by Crippen LogP contribution is -2.37. The van der Waals surface area contributed by atoms with E-state index in [9.17, 15) is 14.0 Å². The SMILES string of the molecule is O=C(c1ccccc1F)N1CCCN(C(=O)c2c[nH]c3ccccc23)CC1. The van der Waals surface area contributed by atoms with Crippen molar-refractivity contribution in [3.63, 3.8) is 0 Å². The smallest absolute Gasteiger partial charge is 0.256 e. The minimum atomic E-state index is -0.515. The van der Waals surface area contributed by atoms with Crippen LogP contribution in [0, 0.1) is 5.82 Å². The third-order valence-electron chi connectivity index (χ3n) is 4.99. The molecule has 1 aliphatic rings. The molecule has 4 rings (SSSR count). The number of H-pyrrole nitrogens is 1. The largest absolute Gasteiger partial charge is 0.360 e. The summed E-state index contributed by atoms with van der Waals surface area (Å²) in [6.45, 7) is 1.89. The molecule has 27 heavy (non-hydrogen) atoms. The summed E-state index contributed by atoms with van der Waals surface area (Å²) in [5, 5.41) is 0.894. The second-order valence-corrected chi connectivity index (χ2v) is 6.67. The van der Waals surface area contributed by atoms with Gasteiger partial charge in [-0.2, -0.15) is 0 Å². The van der Waals surface area contributed by atoms with Crippen LogP contribution in [0.1, 0.15) is 27.1 Å². The van der Waals surface area contributed by atoms with E-state index in [1.165, 1.54) is 12.1 Å². The van der Waals surface area contributed by atoms with Crippen LogP contribution in [0.5, 0.6) is 0 Å². The Bertz CT molecular complexity index is 998. The second kappa shape index (κ2) is 7.23. The number of benzene rings is 2. The first-order valence-electron chi connectivity index (χ1n) is 9.04. The molecule has 138 valence electrons. The van der Waals surface area contributed by atoms with Crippen molar-refractivity contribution in [2.24, 2.45) is 0 Å². The van der Waals surface area contributed by atoms with Crippen molar-refractivity contribution >= 4 is 22.7 Å². The van der Waals surface area contributed by atoms with E-state index >= 15 is 0 Å². The number of aromatic nitrogens is 1. The molecule has 5 nitrogen and oxygen atoms in total. The third-order valence-corrected chi connectivity index (χ3v) is 4.99. The van der Waals surface area contributed by atoms with Crippen LogP contribution in [0.25, 0.3) is 10.9 Å². The number of nitrogens with one attached hydrogen (secondary N) is 1. The fourth-order valence-corrected chi connectivity index (χ4v) is 3.55. The summed E-state index contributed by atoms with van der Waals surface area (Å²) in [6.07, 6.45) is 2.40. The Morgan fingerprint density at radius 2 is 1.44 bits per heavy atom. The van der Waals surface area contributed by atoms with Gasteiger partial charge in [-0.15, -0.1) is 0 Å². The highest BCUT2D eigenvalue weighted by molar-refractivity contribution is 6.06. The summed E-state index contributed by atoms with van der Waals surface area (Å²) >= 11 is 0. The Morgan fingerprint density at radius 1 is 0.815 bits per heavy atom. The van der Waals surface area contributed by atoms with Gasteiger partial charge in [0.2, 0.25) is 0 Å². The van der Waals surface area contributed by atoms with E-state index < -0.39 is 5.82 Å². The van der Waals surface area contributed by atoms with Gasteiger partial charge in [-0.1, -0.05) is 30.3 Å².